The molecule has 1 saturated carbocycles. The van der Waals surface area contributed by atoms with Crippen LogP contribution in [0.25, 0.3) is 5.65 Å². The average Bonchev–Trinajstić information content (AvgIpc) is 3.07. The highest BCUT2D eigenvalue weighted by atomic mass is 79.9. The van der Waals surface area contributed by atoms with Crippen LogP contribution in [0.5, 0.6) is 0 Å². The lowest BCUT2D eigenvalue weighted by molar-refractivity contribution is -0.122. The molecule has 2 aromatic rings. The van der Waals surface area contributed by atoms with Gasteiger partial charge in [0, 0.05) is 22.8 Å². The van der Waals surface area contributed by atoms with E-state index in [-0.39, 0.29) is 11.8 Å². The third-order valence-electron chi connectivity index (χ3n) is 3.14. The van der Waals surface area contributed by atoms with E-state index in [1.54, 1.807) is 0 Å². The van der Waals surface area contributed by atoms with E-state index in [0.717, 1.165) is 34.2 Å². The third kappa shape index (κ3) is 2.27. The molecule has 1 fully saturated rings. The molecular formula is C13H14BrN3O. The first-order valence-electron chi connectivity index (χ1n) is 6.05. The second kappa shape index (κ2) is 4.39. The van der Waals surface area contributed by atoms with Gasteiger partial charge in [0.15, 0.2) is 0 Å². The number of aromatic nitrogens is 2. The van der Waals surface area contributed by atoms with Crippen molar-refractivity contribution in [2.45, 2.75) is 26.3 Å². The second-order valence-electron chi connectivity index (χ2n) is 4.80. The maximum absolute atomic E-state index is 11.6. The van der Waals surface area contributed by atoms with E-state index in [4.69, 9.17) is 0 Å². The van der Waals surface area contributed by atoms with E-state index < -0.39 is 0 Å². The summed E-state index contributed by atoms with van der Waals surface area (Å²) >= 11 is 3.46. The minimum absolute atomic E-state index is 0.157. The number of carbonyl (C=O) groups is 1. The Bertz CT molecular complexity index is 616. The molecule has 0 saturated heterocycles. The maximum Gasteiger partial charge on any atom is 0.223 e. The summed E-state index contributed by atoms with van der Waals surface area (Å²) in [5, 5.41) is 2.93. The van der Waals surface area contributed by atoms with Crippen LogP contribution in [0, 0.1) is 12.8 Å². The number of rotatable bonds is 3. The van der Waals surface area contributed by atoms with Crippen LogP contribution in [-0.4, -0.2) is 15.3 Å². The van der Waals surface area contributed by atoms with Crippen LogP contribution in [0.1, 0.15) is 24.1 Å². The van der Waals surface area contributed by atoms with Crippen LogP contribution in [-0.2, 0) is 11.3 Å². The first-order valence-corrected chi connectivity index (χ1v) is 6.84. The van der Waals surface area contributed by atoms with Gasteiger partial charge in [0.05, 0.1) is 12.2 Å². The predicted octanol–water partition coefficient (Wildman–Crippen LogP) is 2.43. The maximum atomic E-state index is 11.6. The van der Waals surface area contributed by atoms with Crippen molar-refractivity contribution >= 4 is 27.5 Å². The van der Waals surface area contributed by atoms with Gasteiger partial charge in [0.1, 0.15) is 5.65 Å². The first-order chi connectivity index (χ1) is 8.63. The van der Waals surface area contributed by atoms with Gasteiger partial charge in [-0.2, -0.15) is 0 Å². The Balaban J connectivity index is 1.80. The van der Waals surface area contributed by atoms with Crippen molar-refractivity contribution in [1.29, 1.82) is 0 Å². The standard InChI is InChI=1S/C13H14BrN3O/c1-8-4-10(14)6-17-7-11(16-12(8)17)5-15-13(18)9-2-3-9/h4,6-7,9H,2-3,5H2,1H3,(H,15,18). The van der Waals surface area contributed by atoms with E-state index in [9.17, 15) is 4.79 Å². The molecule has 0 bridgehead atoms. The Morgan fingerprint density at radius 3 is 3.06 bits per heavy atom. The van der Waals surface area contributed by atoms with Crippen molar-refractivity contribution in [3.63, 3.8) is 0 Å². The first kappa shape index (κ1) is 11.7. The number of aryl methyl sites for hydroxylation is 1. The van der Waals surface area contributed by atoms with Gasteiger partial charge in [-0.3, -0.25) is 4.79 Å². The molecule has 1 N–H and O–H groups in total. The summed E-state index contributed by atoms with van der Waals surface area (Å²) in [4.78, 5) is 16.1. The summed E-state index contributed by atoms with van der Waals surface area (Å²) in [5.74, 6) is 0.405. The van der Waals surface area contributed by atoms with E-state index in [1.807, 2.05) is 29.8 Å². The summed E-state index contributed by atoms with van der Waals surface area (Å²) in [6.07, 6.45) is 5.99. The van der Waals surface area contributed by atoms with E-state index in [0.29, 0.717) is 6.54 Å². The molecular weight excluding hydrogens is 294 g/mol. The van der Waals surface area contributed by atoms with Gasteiger partial charge in [-0.05, 0) is 47.3 Å². The summed E-state index contributed by atoms with van der Waals surface area (Å²) in [7, 11) is 0. The summed E-state index contributed by atoms with van der Waals surface area (Å²) in [6.45, 7) is 2.54. The molecule has 2 heterocycles. The normalized spacial score (nSPS) is 15.0. The molecule has 4 nitrogen and oxygen atoms in total. The number of nitrogens with one attached hydrogen (secondary N) is 1. The number of imidazole rings is 1. The topological polar surface area (TPSA) is 46.4 Å². The Morgan fingerprint density at radius 1 is 1.56 bits per heavy atom. The number of nitrogens with zero attached hydrogens (tertiary/aromatic N) is 2. The van der Waals surface area contributed by atoms with Gasteiger partial charge in [-0.1, -0.05) is 0 Å². The molecule has 5 heteroatoms. The number of amides is 1. The molecule has 0 aliphatic heterocycles. The lowest BCUT2D eigenvalue weighted by atomic mass is 10.3. The molecule has 0 aromatic carbocycles. The second-order valence-corrected chi connectivity index (χ2v) is 5.71. The Hall–Kier alpha value is -1.36. The highest BCUT2D eigenvalue weighted by Crippen LogP contribution is 2.28. The number of halogens is 1. The number of carbonyl (C=O) groups excluding carboxylic acids is 1. The fourth-order valence-electron chi connectivity index (χ4n) is 2.03. The number of pyridine rings is 1. The highest BCUT2D eigenvalue weighted by Gasteiger charge is 2.29. The van der Waals surface area contributed by atoms with Crippen molar-refractivity contribution in [3.05, 3.63) is 34.2 Å². The molecule has 1 amide bonds. The quantitative estimate of drug-likeness (QED) is 0.946. The lowest BCUT2D eigenvalue weighted by Crippen LogP contribution is -2.24. The number of hydrogen-bond donors (Lipinski definition) is 1. The fraction of sp³-hybridized carbons (Fsp3) is 0.385. The number of hydrogen-bond acceptors (Lipinski definition) is 2. The van der Waals surface area contributed by atoms with Crippen LogP contribution in [0.4, 0.5) is 0 Å². The SMILES string of the molecule is Cc1cc(Br)cn2cc(CNC(=O)C3CC3)nc12. The van der Waals surface area contributed by atoms with Crippen molar-refractivity contribution in [2.24, 2.45) is 5.92 Å². The smallest absolute Gasteiger partial charge is 0.223 e. The summed E-state index contributed by atoms with van der Waals surface area (Å²) in [5.41, 5.74) is 2.95. The van der Waals surface area contributed by atoms with Crippen LogP contribution in [0.15, 0.2) is 22.9 Å². The van der Waals surface area contributed by atoms with Gasteiger partial charge >= 0.3 is 0 Å². The zero-order chi connectivity index (χ0) is 12.7. The van der Waals surface area contributed by atoms with Gasteiger partial charge in [0.2, 0.25) is 5.91 Å². The Morgan fingerprint density at radius 2 is 2.33 bits per heavy atom. The Kier molecular flexibility index (Phi) is 2.86. The van der Waals surface area contributed by atoms with E-state index >= 15 is 0 Å². The largest absolute Gasteiger partial charge is 0.350 e. The zero-order valence-electron chi connectivity index (χ0n) is 10.1. The van der Waals surface area contributed by atoms with E-state index in [2.05, 4.69) is 26.2 Å². The van der Waals surface area contributed by atoms with Gasteiger partial charge in [-0.15, -0.1) is 0 Å². The lowest BCUT2D eigenvalue weighted by Gasteiger charge is -1.99. The molecule has 0 spiro atoms. The summed E-state index contributed by atoms with van der Waals surface area (Å²) < 4.78 is 3.01. The molecule has 18 heavy (non-hydrogen) atoms. The fourth-order valence-corrected chi connectivity index (χ4v) is 2.59. The molecule has 1 aliphatic rings. The Labute approximate surface area is 114 Å². The van der Waals surface area contributed by atoms with E-state index in [1.165, 1.54) is 0 Å². The zero-order valence-corrected chi connectivity index (χ0v) is 11.7. The monoisotopic (exact) mass is 307 g/mol. The molecule has 0 atom stereocenters. The molecule has 0 unspecified atom stereocenters. The highest BCUT2D eigenvalue weighted by molar-refractivity contribution is 9.10. The van der Waals surface area contributed by atoms with Crippen LogP contribution >= 0.6 is 15.9 Å². The molecule has 1 aliphatic carbocycles. The average molecular weight is 308 g/mol. The third-order valence-corrected chi connectivity index (χ3v) is 3.58. The van der Waals surface area contributed by atoms with Gasteiger partial charge in [0.25, 0.3) is 0 Å². The molecule has 0 radical (unpaired) electrons. The van der Waals surface area contributed by atoms with Crippen molar-refractivity contribution in [1.82, 2.24) is 14.7 Å². The van der Waals surface area contributed by atoms with Crippen molar-refractivity contribution in [3.8, 4) is 0 Å². The molecule has 2 aromatic heterocycles. The minimum atomic E-state index is 0.157. The minimum Gasteiger partial charge on any atom is -0.350 e. The van der Waals surface area contributed by atoms with Crippen molar-refractivity contribution in [2.75, 3.05) is 0 Å². The predicted molar refractivity (Wildman–Crippen MR) is 72.2 cm³/mol. The number of fused-ring (bicyclic) bond motifs is 1. The molecule has 94 valence electrons. The van der Waals surface area contributed by atoms with Crippen LogP contribution < -0.4 is 5.32 Å². The van der Waals surface area contributed by atoms with Crippen LogP contribution in [0.2, 0.25) is 0 Å². The summed E-state index contributed by atoms with van der Waals surface area (Å²) in [6, 6.07) is 2.04. The molecule has 3 rings (SSSR count). The van der Waals surface area contributed by atoms with Crippen molar-refractivity contribution < 1.29 is 4.79 Å². The van der Waals surface area contributed by atoms with Crippen LogP contribution in [0.3, 0.4) is 0 Å². The van der Waals surface area contributed by atoms with Gasteiger partial charge in [-0.25, -0.2) is 4.98 Å². The van der Waals surface area contributed by atoms with Gasteiger partial charge < -0.3 is 9.72 Å².